The maximum atomic E-state index is 12.2. The Kier molecular flexibility index (Phi) is 2.59. The zero-order valence-electron chi connectivity index (χ0n) is 10.7. The fourth-order valence-corrected chi connectivity index (χ4v) is 2.13. The number of aryl methyl sites for hydroxylation is 2. The Bertz CT molecular complexity index is 735. The molecule has 19 heavy (non-hydrogen) atoms. The van der Waals surface area contributed by atoms with Crippen LogP contribution in [-0.2, 0) is 0 Å². The number of anilines is 1. The summed E-state index contributed by atoms with van der Waals surface area (Å²) in [7, 11) is 0. The van der Waals surface area contributed by atoms with E-state index in [1.807, 2.05) is 25.1 Å². The molecule has 5 heteroatoms. The van der Waals surface area contributed by atoms with E-state index in [9.17, 15) is 4.79 Å². The Hall–Kier alpha value is -2.56. The third-order valence-electron chi connectivity index (χ3n) is 3.08. The van der Waals surface area contributed by atoms with Gasteiger partial charge in [-0.2, -0.15) is 5.10 Å². The number of nitrogens with zero attached hydrogens (tertiary/aromatic N) is 1. The quantitative estimate of drug-likeness (QED) is 0.739. The molecule has 0 aliphatic carbocycles. The number of fused-ring (bicyclic) bond motifs is 1. The number of nitrogens with one attached hydrogen (secondary N) is 2. The molecule has 3 aromatic rings. The number of carbonyl (C=O) groups excluding carboxylic acids is 1. The van der Waals surface area contributed by atoms with Crippen molar-refractivity contribution in [1.29, 1.82) is 0 Å². The van der Waals surface area contributed by atoms with E-state index >= 15 is 0 Å². The van der Waals surface area contributed by atoms with Gasteiger partial charge in [0.2, 0.25) is 0 Å². The average molecular weight is 255 g/mol. The number of aromatic amines is 1. The molecular weight excluding hydrogens is 242 g/mol. The summed E-state index contributed by atoms with van der Waals surface area (Å²) in [4.78, 5) is 12.2. The molecule has 2 heterocycles. The Morgan fingerprint density at radius 2 is 2.21 bits per heavy atom. The van der Waals surface area contributed by atoms with Gasteiger partial charge in [0.25, 0.3) is 5.91 Å². The number of rotatable bonds is 2. The van der Waals surface area contributed by atoms with Crippen molar-refractivity contribution >= 4 is 22.5 Å². The highest BCUT2D eigenvalue weighted by Crippen LogP contribution is 2.20. The summed E-state index contributed by atoms with van der Waals surface area (Å²) in [5.41, 5.74) is 3.10. The first kappa shape index (κ1) is 11.5. The molecule has 0 radical (unpaired) electrons. The predicted molar refractivity (Wildman–Crippen MR) is 72.2 cm³/mol. The summed E-state index contributed by atoms with van der Waals surface area (Å²) in [6.07, 6.45) is 3.31. The van der Waals surface area contributed by atoms with Crippen LogP contribution in [0.5, 0.6) is 0 Å². The summed E-state index contributed by atoms with van der Waals surface area (Å²) in [5, 5.41) is 10.6. The number of benzene rings is 1. The van der Waals surface area contributed by atoms with Gasteiger partial charge in [-0.25, -0.2) is 0 Å². The lowest BCUT2D eigenvalue weighted by Gasteiger charge is -2.05. The smallest absolute Gasteiger partial charge is 0.259 e. The van der Waals surface area contributed by atoms with E-state index in [1.165, 1.54) is 0 Å². The maximum Gasteiger partial charge on any atom is 0.259 e. The fraction of sp³-hybridized carbons (Fsp3) is 0.143. The van der Waals surface area contributed by atoms with Crippen molar-refractivity contribution in [2.75, 3.05) is 5.32 Å². The number of amides is 1. The van der Waals surface area contributed by atoms with E-state index in [1.54, 1.807) is 19.4 Å². The van der Waals surface area contributed by atoms with Gasteiger partial charge in [0.05, 0.1) is 23.5 Å². The minimum Gasteiger partial charge on any atom is -0.469 e. The standard InChI is InChI=1S/C14H13N3O2/c1-8-7-19-9(2)13(8)14(18)16-11-3-4-12-10(5-11)6-15-17-12/h3-7H,1-2H3,(H,15,17)(H,16,18). The second-order valence-corrected chi connectivity index (χ2v) is 4.48. The fourth-order valence-electron chi connectivity index (χ4n) is 2.13. The van der Waals surface area contributed by atoms with Crippen molar-refractivity contribution in [1.82, 2.24) is 10.2 Å². The first-order valence-electron chi connectivity index (χ1n) is 5.94. The lowest BCUT2D eigenvalue weighted by Crippen LogP contribution is -2.13. The second kappa shape index (κ2) is 4.28. The lowest BCUT2D eigenvalue weighted by atomic mass is 10.1. The van der Waals surface area contributed by atoms with E-state index < -0.39 is 0 Å². The highest BCUT2D eigenvalue weighted by molar-refractivity contribution is 6.06. The summed E-state index contributed by atoms with van der Waals surface area (Å²) in [5.74, 6) is 0.464. The number of aromatic nitrogens is 2. The molecule has 2 N–H and O–H groups in total. The van der Waals surface area contributed by atoms with Gasteiger partial charge in [0.15, 0.2) is 0 Å². The van der Waals surface area contributed by atoms with Gasteiger partial charge in [-0.15, -0.1) is 0 Å². The van der Waals surface area contributed by atoms with E-state index in [-0.39, 0.29) is 5.91 Å². The highest BCUT2D eigenvalue weighted by Gasteiger charge is 2.15. The minimum absolute atomic E-state index is 0.161. The molecule has 2 aromatic heterocycles. The van der Waals surface area contributed by atoms with Gasteiger partial charge >= 0.3 is 0 Å². The maximum absolute atomic E-state index is 12.2. The number of hydrogen-bond acceptors (Lipinski definition) is 3. The second-order valence-electron chi connectivity index (χ2n) is 4.48. The molecule has 5 nitrogen and oxygen atoms in total. The summed E-state index contributed by atoms with van der Waals surface area (Å²) in [6, 6.07) is 5.59. The SMILES string of the molecule is Cc1coc(C)c1C(=O)Nc1ccc2[nH]ncc2c1. The van der Waals surface area contributed by atoms with Gasteiger partial charge in [-0.1, -0.05) is 0 Å². The number of carbonyl (C=O) groups is 1. The molecular formula is C14H13N3O2. The van der Waals surface area contributed by atoms with Crippen molar-refractivity contribution in [3.63, 3.8) is 0 Å². The predicted octanol–water partition coefficient (Wildman–Crippen LogP) is 3.03. The Morgan fingerprint density at radius 1 is 1.37 bits per heavy atom. The molecule has 0 spiro atoms. The van der Waals surface area contributed by atoms with Crippen LogP contribution in [0.25, 0.3) is 10.9 Å². The molecule has 0 saturated heterocycles. The number of H-pyrrole nitrogens is 1. The molecule has 0 atom stereocenters. The van der Waals surface area contributed by atoms with Crippen LogP contribution in [-0.4, -0.2) is 16.1 Å². The minimum atomic E-state index is -0.161. The first-order chi connectivity index (χ1) is 9.15. The van der Waals surface area contributed by atoms with Crippen molar-refractivity contribution in [3.05, 3.63) is 47.5 Å². The van der Waals surface area contributed by atoms with Crippen LogP contribution in [0.2, 0.25) is 0 Å². The molecule has 0 aliphatic heterocycles. The molecule has 0 unspecified atom stereocenters. The molecule has 1 aromatic carbocycles. The Balaban J connectivity index is 1.90. The largest absolute Gasteiger partial charge is 0.469 e. The molecule has 0 aliphatic rings. The summed E-state index contributed by atoms with van der Waals surface area (Å²) in [6.45, 7) is 3.63. The summed E-state index contributed by atoms with van der Waals surface area (Å²) < 4.78 is 5.24. The van der Waals surface area contributed by atoms with Crippen molar-refractivity contribution in [3.8, 4) is 0 Å². The van der Waals surface area contributed by atoms with Crippen LogP contribution in [0.15, 0.2) is 35.1 Å². The molecule has 3 rings (SSSR count). The summed E-state index contributed by atoms with van der Waals surface area (Å²) >= 11 is 0. The molecule has 96 valence electrons. The van der Waals surface area contributed by atoms with Gasteiger partial charge in [-0.3, -0.25) is 9.89 Å². The van der Waals surface area contributed by atoms with Crippen molar-refractivity contribution < 1.29 is 9.21 Å². The van der Waals surface area contributed by atoms with Crippen LogP contribution in [0.3, 0.4) is 0 Å². The third-order valence-corrected chi connectivity index (χ3v) is 3.08. The number of furan rings is 1. The highest BCUT2D eigenvalue weighted by atomic mass is 16.3. The molecule has 0 saturated carbocycles. The van der Waals surface area contributed by atoms with Crippen LogP contribution < -0.4 is 5.32 Å². The van der Waals surface area contributed by atoms with Gasteiger partial charge in [0, 0.05) is 16.6 Å². The van der Waals surface area contributed by atoms with Crippen molar-refractivity contribution in [2.45, 2.75) is 13.8 Å². The van der Waals surface area contributed by atoms with E-state index in [4.69, 9.17) is 4.42 Å². The van der Waals surface area contributed by atoms with Gasteiger partial charge < -0.3 is 9.73 Å². The van der Waals surface area contributed by atoms with Gasteiger partial charge in [-0.05, 0) is 32.0 Å². The molecule has 1 amide bonds. The first-order valence-corrected chi connectivity index (χ1v) is 5.94. The van der Waals surface area contributed by atoms with E-state index in [0.29, 0.717) is 11.3 Å². The van der Waals surface area contributed by atoms with Gasteiger partial charge in [0.1, 0.15) is 5.76 Å². The monoisotopic (exact) mass is 255 g/mol. The Labute approximate surface area is 109 Å². The number of hydrogen-bond donors (Lipinski definition) is 2. The average Bonchev–Trinajstić information content (AvgIpc) is 2.95. The normalized spacial score (nSPS) is 10.8. The van der Waals surface area contributed by atoms with Crippen LogP contribution in [0, 0.1) is 13.8 Å². The molecule has 0 fully saturated rings. The van der Waals surface area contributed by atoms with Crippen molar-refractivity contribution in [2.24, 2.45) is 0 Å². The zero-order chi connectivity index (χ0) is 13.4. The van der Waals surface area contributed by atoms with E-state index in [0.717, 1.165) is 22.2 Å². The Morgan fingerprint density at radius 3 is 2.95 bits per heavy atom. The van der Waals surface area contributed by atoms with E-state index in [2.05, 4.69) is 15.5 Å². The van der Waals surface area contributed by atoms with Crippen LogP contribution in [0.1, 0.15) is 21.7 Å². The zero-order valence-corrected chi connectivity index (χ0v) is 10.7. The molecule has 0 bridgehead atoms. The van der Waals surface area contributed by atoms with Crippen LogP contribution >= 0.6 is 0 Å². The topological polar surface area (TPSA) is 70.9 Å². The lowest BCUT2D eigenvalue weighted by molar-refractivity contribution is 0.102. The third kappa shape index (κ3) is 1.99. The van der Waals surface area contributed by atoms with Crippen LogP contribution in [0.4, 0.5) is 5.69 Å².